The molecule has 4 amide bonds. The van der Waals surface area contributed by atoms with Crippen LogP contribution in [-0.4, -0.2) is 65.2 Å². The molecule has 14 nitrogen and oxygen atoms in total. The minimum Gasteiger partial charge on any atom is -0.507 e. The van der Waals surface area contributed by atoms with Crippen molar-refractivity contribution in [1.82, 2.24) is 24.1 Å². The number of amides is 4. The van der Waals surface area contributed by atoms with Gasteiger partial charge < -0.3 is 40.1 Å². The molecule has 3 aromatic heterocycles. The first-order valence-corrected chi connectivity index (χ1v) is 15.8. The Labute approximate surface area is 283 Å². The summed E-state index contributed by atoms with van der Waals surface area (Å²) in [6, 6.07) is 16.0. The van der Waals surface area contributed by atoms with Crippen molar-refractivity contribution in [3.8, 4) is 5.75 Å². The smallest absolute Gasteiger partial charge is 0.292 e. The third-order valence-corrected chi connectivity index (χ3v) is 8.76. The Balaban J connectivity index is 1.08. The minimum absolute atomic E-state index is 0.0384. The maximum atomic E-state index is 13.8. The zero-order valence-electron chi connectivity index (χ0n) is 26.5. The number of rotatable bonds is 7. The molecule has 4 heterocycles. The molecule has 248 valence electrons. The number of nitrogens with one attached hydrogen (secondary N) is 4. The first-order chi connectivity index (χ1) is 23.5. The Bertz CT molecular complexity index is 2340. The summed E-state index contributed by atoms with van der Waals surface area (Å²) >= 11 is 6.36. The number of carbonyl (C=O) groups excluding carboxylic acids is 4. The maximum Gasteiger partial charge on any atom is 0.292 e. The number of aromatic hydroxyl groups is 1. The fraction of sp³-hybridized carbons (Fsp3) is 0.176. The highest BCUT2D eigenvalue weighted by molar-refractivity contribution is 6.19. The molecule has 15 heteroatoms. The second kappa shape index (κ2) is 12.1. The number of benzene rings is 3. The molecule has 0 saturated heterocycles. The summed E-state index contributed by atoms with van der Waals surface area (Å²) in [5.74, 6) is -0.948. The van der Waals surface area contributed by atoms with E-state index in [1.165, 1.54) is 28.5 Å². The van der Waals surface area contributed by atoms with E-state index in [1.54, 1.807) is 49.3 Å². The van der Waals surface area contributed by atoms with Crippen LogP contribution in [0.2, 0.25) is 0 Å². The highest BCUT2D eigenvalue weighted by Crippen LogP contribution is 2.45. The van der Waals surface area contributed by atoms with Crippen LogP contribution < -0.4 is 20.9 Å². The summed E-state index contributed by atoms with van der Waals surface area (Å²) in [4.78, 5) is 64.4. The lowest BCUT2D eigenvalue weighted by atomic mass is 9.95. The quantitative estimate of drug-likeness (QED) is 0.148. The van der Waals surface area contributed by atoms with Crippen molar-refractivity contribution in [2.45, 2.75) is 12.8 Å². The van der Waals surface area contributed by atoms with Gasteiger partial charge in [0.25, 0.3) is 17.7 Å². The summed E-state index contributed by atoms with van der Waals surface area (Å²) in [5.41, 5.74) is 3.05. The Morgan fingerprint density at radius 1 is 0.898 bits per heavy atom. The van der Waals surface area contributed by atoms with Gasteiger partial charge in [-0.25, -0.2) is 9.97 Å². The molecule has 6 aromatic rings. The number of imidazole rings is 2. The zero-order valence-corrected chi connectivity index (χ0v) is 27.3. The third-order valence-electron chi connectivity index (χ3n) is 8.39. The summed E-state index contributed by atoms with van der Waals surface area (Å²) in [6.07, 6.45) is 3.00. The van der Waals surface area contributed by atoms with Crippen molar-refractivity contribution in [1.29, 1.82) is 0 Å². The van der Waals surface area contributed by atoms with Crippen LogP contribution in [-0.2, 0) is 18.9 Å². The van der Waals surface area contributed by atoms with Gasteiger partial charge in [-0.2, -0.15) is 0 Å². The first kappa shape index (κ1) is 31.4. The Hall–Kier alpha value is -6.15. The Morgan fingerprint density at radius 2 is 1.55 bits per heavy atom. The van der Waals surface area contributed by atoms with E-state index in [-0.39, 0.29) is 46.8 Å². The van der Waals surface area contributed by atoms with Gasteiger partial charge in [0.05, 0.1) is 5.69 Å². The van der Waals surface area contributed by atoms with Crippen LogP contribution in [0.15, 0.2) is 67.0 Å². The number of carbonyl (C=O) groups is 4. The number of aromatic amines is 1. The molecule has 0 spiro atoms. The third kappa shape index (κ3) is 5.71. The summed E-state index contributed by atoms with van der Waals surface area (Å²) < 4.78 is 2.93. The van der Waals surface area contributed by atoms with Crippen molar-refractivity contribution >= 4 is 79.9 Å². The summed E-state index contributed by atoms with van der Waals surface area (Å²) in [7, 11) is 3.23. The highest BCUT2D eigenvalue weighted by atomic mass is 35.5. The number of phenols is 1. The second-order valence-electron chi connectivity index (χ2n) is 11.8. The van der Waals surface area contributed by atoms with Gasteiger partial charge in [0.15, 0.2) is 11.6 Å². The summed E-state index contributed by atoms with van der Waals surface area (Å²) in [5, 5.41) is 21.0. The van der Waals surface area contributed by atoms with E-state index >= 15 is 0 Å². The van der Waals surface area contributed by atoms with Crippen LogP contribution >= 0.6 is 11.6 Å². The van der Waals surface area contributed by atoms with Gasteiger partial charge in [-0.05, 0) is 35.2 Å². The van der Waals surface area contributed by atoms with Gasteiger partial charge in [-0.1, -0.05) is 24.3 Å². The molecule has 7 rings (SSSR count). The van der Waals surface area contributed by atoms with Crippen LogP contribution in [0.5, 0.6) is 5.75 Å². The molecule has 1 aliphatic rings. The number of fused-ring (bicyclic) bond motifs is 4. The molecule has 0 radical (unpaired) electrons. The van der Waals surface area contributed by atoms with E-state index in [9.17, 15) is 24.3 Å². The molecule has 0 aliphatic carbocycles. The van der Waals surface area contributed by atoms with Crippen molar-refractivity contribution in [2.24, 2.45) is 14.1 Å². The molecule has 1 unspecified atom stereocenters. The number of halogens is 1. The van der Waals surface area contributed by atoms with Gasteiger partial charge in [0.2, 0.25) is 17.6 Å². The summed E-state index contributed by atoms with van der Waals surface area (Å²) in [6.45, 7) is 1.71. The lowest BCUT2D eigenvalue weighted by molar-refractivity contribution is -0.114. The van der Waals surface area contributed by atoms with E-state index in [4.69, 9.17) is 11.6 Å². The van der Waals surface area contributed by atoms with Crippen molar-refractivity contribution < 1.29 is 24.3 Å². The lowest BCUT2D eigenvalue weighted by Gasteiger charge is -2.17. The van der Waals surface area contributed by atoms with Crippen LogP contribution in [0.25, 0.3) is 21.7 Å². The van der Waals surface area contributed by atoms with Crippen LogP contribution in [0.1, 0.15) is 50.1 Å². The number of phenolic OH excluding ortho intramolecular Hbond substituents is 1. The zero-order chi connectivity index (χ0) is 34.6. The number of aryl methyl sites for hydroxylation is 2. The SMILES string of the molecule is CC(=O)Nc1cn(C)c(C(=O)Nc2cn(C)c(C(=O)Nc3ccc4[nH]c(C(=O)N5CC(CCl)c6c5cc(O)c5ccccc65)cc4c3)n2)n1. The normalized spacial score (nSPS) is 13.9. The van der Waals surface area contributed by atoms with Crippen molar-refractivity contribution in [3.05, 3.63) is 89.9 Å². The van der Waals surface area contributed by atoms with Gasteiger partial charge in [-0.3, -0.25) is 19.2 Å². The van der Waals surface area contributed by atoms with Crippen LogP contribution in [0.4, 0.5) is 23.0 Å². The number of aromatic nitrogens is 5. The Morgan fingerprint density at radius 3 is 2.22 bits per heavy atom. The van der Waals surface area contributed by atoms with Crippen molar-refractivity contribution in [2.75, 3.05) is 33.3 Å². The molecule has 0 fully saturated rings. The van der Waals surface area contributed by atoms with E-state index in [0.29, 0.717) is 45.8 Å². The maximum absolute atomic E-state index is 13.8. The second-order valence-corrected chi connectivity index (χ2v) is 12.1. The van der Waals surface area contributed by atoms with E-state index < -0.39 is 11.8 Å². The highest BCUT2D eigenvalue weighted by Gasteiger charge is 2.35. The first-order valence-electron chi connectivity index (χ1n) is 15.2. The molecule has 0 bridgehead atoms. The predicted molar refractivity (Wildman–Crippen MR) is 186 cm³/mol. The van der Waals surface area contributed by atoms with E-state index in [0.717, 1.165) is 10.9 Å². The number of H-pyrrole nitrogens is 1. The average Bonchev–Trinajstić information content (AvgIpc) is 3.84. The molecule has 3 aromatic carbocycles. The van der Waals surface area contributed by atoms with Crippen LogP contribution in [0.3, 0.4) is 0 Å². The number of nitrogens with zero attached hydrogens (tertiary/aromatic N) is 5. The largest absolute Gasteiger partial charge is 0.507 e. The molecule has 0 saturated carbocycles. The number of hydrogen-bond donors (Lipinski definition) is 5. The fourth-order valence-corrected chi connectivity index (χ4v) is 6.48. The fourth-order valence-electron chi connectivity index (χ4n) is 6.23. The van der Waals surface area contributed by atoms with E-state index in [1.807, 2.05) is 24.3 Å². The van der Waals surface area contributed by atoms with Gasteiger partial charge in [-0.15, -0.1) is 11.6 Å². The topological polar surface area (TPSA) is 179 Å². The average molecular weight is 680 g/mol. The molecular weight excluding hydrogens is 650 g/mol. The number of alkyl halides is 1. The lowest BCUT2D eigenvalue weighted by Crippen LogP contribution is -2.30. The predicted octanol–water partition coefficient (Wildman–Crippen LogP) is 4.94. The van der Waals surface area contributed by atoms with E-state index in [2.05, 4.69) is 30.9 Å². The van der Waals surface area contributed by atoms with Gasteiger partial charge >= 0.3 is 0 Å². The number of anilines is 4. The minimum atomic E-state index is -0.576. The standard InChI is InChI=1S/C34H30ClN9O5/c1-17(45)36-27-15-42(2)31(39-27)33(48)41-28-16-43(3)30(40-28)32(47)37-20-8-9-23-18(10-20)11-24(38-23)34(49)44-14-19(13-35)29-22-7-5-4-6-21(22)26(46)12-25(29)44/h4-12,15-16,19,38,46H,13-14H2,1-3H3,(H,36,45)(H,37,47)(H,41,48). The van der Waals surface area contributed by atoms with Gasteiger partial charge in [0.1, 0.15) is 11.4 Å². The molecule has 5 N–H and O–H groups in total. The monoisotopic (exact) mass is 679 g/mol. The molecule has 1 atom stereocenters. The molecular formula is C34H30ClN9O5. The number of hydrogen-bond acceptors (Lipinski definition) is 7. The molecule has 1 aliphatic heterocycles. The molecule has 49 heavy (non-hydrogen) atoms. The Kier molecular flexibility index (Phi) is 7.79. The van der Waals surface area contributed by atoms with Gasteiger partial charge in [0, 0.05) is 79.8 Å². The van der Waals surface area contributed by atoms with Crippen molar-refractivity contribution in [3.63, 3.8) is 0 Å². The van der Waals surface area contributed by atoms with Crippen LogP contribution in [0, 0.1) is 0 Å².